The normalized spacial score (nSPS) is 21.1. The van der Waals surface area contributed by atoms with Gasteiger partial charge in [0.1, 0.15) is 0 Å². The molecular formula is C15H17ClN2OS. The number of hydrogen-bond donors (Lipinski definition) is 2. The molecule has 20 heavy (non-hydrogen) atoms. The number of thioether (sulfide) groups is 1. The maximum atomic E-state index is 12.4. The van der Waals surface area contributed by atoms with Crippen LogP contribution in [-0.2, 0) is 4.79 Å². The lowest BCUT2D eigenvalue weighted by Gasteiger charge is -2.22. The van der Waals surface area contributed by atoms with E-state index in [1.165, 1.54) is 0 Å². The van der Waals surface area contributed by atoms with Crippen LogP contribution < -0.4 is 11.1 Å². The summed E-state index contributed by atoms with van der Waals surface area (Å²) in [4.78, 5) is 12.4. The Bertz CT molecular complexity index is 571. The molecule has 1 aromatic carbocycles. The molecule has 2 rings (SSSR count). The molecule has 1 amide bonds. The molecule has 106 valence electrons. The van der Waals surface area contributed by atoms with Crippen molar-refractivity contribution in [2.45, 2.75) is 24.5 Å². The Morgan fingerprint density at radius 2 is 2.40 bits per heavy atom. The first-order valence-electron chi connectivity index (χ1n) is 6.49. The number of anilines is 1. The third kappa shape index (κ3) is 3.49. The molecule has 1 unspecified atom stereocenters. The molecule has 0 spiro atoms. The molecule has 3 N–H and O–H groups in total. The molecule has 1 saturated heterocycles. The van der Waals surface area contributed by atoms with E-state index in [9.17, 15) is 4.79 Å². The highest BCUT2D eigenvalue weighted by molar-refractivity contribution is 8.01. The van der Waals surface area contributed by atoms with Crippen LogP contribution in [0.1, 0.15) is 25.3 Å². The lowest BCUT2D eigenvalue weighted by atomic mass is 10.0. The zero-order valence-corrected chi connectivity index (χ0v) is 12.9. The third-order valence-electron chi connectivity index (χ3n) is 3.25. The summed E-state index contributed by atoms with van der Waals surface area (Å²) in [5.41, 5.74) is 6.77. The Balaban J connectivity index is 2.23. The van der Waals surface area contributed by atoms with Crippen molar-refractivity contribution < 1.29 is 4.79 Å². The minimum atomic E-state index is -0.360. The van der Waals surface area contributed by atoms with Gasteiger partial charge in [0.25, 0.3) is 0 Å². The first kappa shape index (κ1) is 15.2. The van der Waals surface area contributed by atoms with Gasteiger partial charge in [0.05, 0.1) is 17.0 Å². The number of halogens is 1. The topological polar surface area (TPSA) is 55.1 Å². The highest BCUT2D eigenvalue weighted by Gasteiger charge is 2.37. The predicted octanol–water partition coefficient (Wildman–Crippen LogP) is 2.87. The van der Waals surface area contributed by atoms with Crippen molar-refractivity contribution in [3.63, 3.8) is 0 Å². The molecule has 1 heterocycles. The highest BCUT2D eigenvalue weighted by Crippen LogP contribution is 2.38. The van der Waals surface area contributed by atoms with E-state index in [4.69, 9.17) is 17.3 Å². The minimum Gasteiger partial charge on any atom is -0.324 e. The van der Waals surface area contributed by atoms with E-state index in [0.29, 0.717) is 10.7 Å². The van der Waals surface area contributed by atoms with Crippen molar-refractivity contribution in [1.29, 1.82) is 0 Å². The molecule has 5 heteroatoms. The quantitative estimate of drug-likeness (QED) is 0.826. The molecule has 0 aliphatic carbocycles. The second-order valence-corrected chi connectivity index (χ2v) is 6.87. The summed E-state index contributed by atoms with van der Waals surface area (Å²) >= 11 is 7.70. The number of carbonyl (C=O) groups is 1. The van der Waals surface area contributed by atoms with Crippen molar-refractivity contribution in [2.24, 2.45) is 5.73 Å². The van der Waals surface area contributed by atoms with Crippen molar-refractivity contribution in [3.8, 4) is 11.8 Å². The predicted molar refractivity (Wildman–Crippen MR) is 86.1 cm³/mol. The number of benzene rings is 1. The fourth-order valence-electron chi connectivity index (χ4n) is 2.09. The Labute approximate surface area is 128 Å². The van der Waals surface area contributed by atoms with Crippen LogP contribution in [0, 0.1) is 11.8 Å². The van der Waals surface area contributed by atoms with Crippen LogP contribution in [0.3, 0.4) is 0 Å². The van der Waals surface area contributed by atoms with Crippen LogP contribution in [0.5, 0.6) is 0 Å². The van der Waals surface area contributed by atoms with Crippen LogP contribution in [0.2, 0.25) is 5.02 Å². The highest BCUT2D eigenvalue weighted by atomic mass is 35.5. The smallest absolute Gasteiger partial charge is 0.240 e. The fourth-order valence-corrected chi connectivity index (χ4v) is 3.47. The Morgan fingerprint density at radius 3 is 3.05 bits per heavy atom. The Hall–Kier alpha value is -1.15. The lowest BCUT2D eigenvalue weighted by molar-refractivity contribution is -0.118. The van der Waals surface area contributed by atoms with Gasteiger partial charge in [0.15, 0.2) is 0 Å². The number of nitrogens with one attached hydrogen (secondary N) is 1. The minimum absolute atomic E-state index is 0.0121. The summed E-state index contributed by atoms with van der Waals surface area (Å²) < 4.78 is -0.360. The van der Waals surface area contributed by atoms with Gasteiger partial charge in [0, 0.05) is 10.6 Å². The van der Waals surface area contributed by atoms with E-state index in [-0.39, 0.29) is 17.2 Å². The van der Waals surface area contributed by atoms with E-state index in [1.54, 1.807) is 30.0 Å². The molecule has 1 aliphatic rings. The average Bonchev–Trinajstić information content (AvgIpc) is 2.86. The molecule has 0 radical (unpaired) electrons. The van der Waals surface area contributed by atoms with Gasteiger partial charge in [-0.3, -0.25) is 4.79 Å². The summed E-state index contributed by atoms with van der Waals surface area (Å²) in [6.07, 6.45) is 1.97. The zero-order chi connectivity index (χ0) is 14.6. The van der Waals surface area contributed by atoms with E-state index in [2.05, 4.69) is 17.2 Å². The van der Waals surface area contributed by atoms with Gasteiger partial charge in [-0.05, 0) is 43.7 Å². The van der Waals surface area contributed by atoms with E-state index in [1.807, 2.05) is 6.92 Å². The Morgan fingerprint density at radius 1 is 1.60 bits per heavy atom. The summed E-state index contributed by atoms with van der Waals surface area (Å²) in [7, 11) is 0. The summed E-state index contributed by atoms with van der Waals surface area (Å²) in [5, 5.41) is 3.53. The molecule has 1 aliphatic heterocycles. The van der Waals surface area contributed by atoms with Crippen molar-refractivity contribution >= 4 is 35.0 Å². The standard InChI is InChI=1S/C15H17ClN2OS/c1-15(7-3-9-20-15)14(19)18-13-10-12(16)6-5-11(13)4-2-8-17/h5-6,10H,3,7-9,17H2,1H3,(H,18,19). The van der Waals surface area contributed by atoms with Gasteiger partial charge in [-0.15, -0.1) is 11.8 Å². The second kappa shape index (κ2) is 6.53. The first-order chi connectivity index (χ1) is 9.55. The number of rotatable bonds is 2. The maximum absolute atomic E-state index is 12.4. The van der Waals surface area contributed by atoms with Crippen LogP contribution in [0.25, 0.3) is 0 Å². The van der Waals surface area contributed by atoms with Crippen molar-refractivity contribution in [1.82, 2.24) is 0 Å². The van der Waals surface area contributed by atoms with Gasteiger partial charge in [-0.1, -0.05) is 23.4 Å². The molecule has 0 bridgehead atoms. The average molecular weight is 309 g/mol. The molecule has 1 atom stereocenters. The first-order valence-corrected chi connectivity index (χ1v) is 7.85. The van der Waals surface area contributed by atoms with Gasteiger partial charge < -0.3 is 11.1 Å². The molecule has 1 aromatic rings. The number of amides is 1. The molecule has 3 nitrogen and oxygen atoms in total. The lowest BCUT2D eigenvalue weighted by Crippen LogP contribution is -2.34. The largest absolute Gasteiger partial charge is 0.324 e. The zero-order valence-electron chi connectivity index (χ0n) is 11.3. The van der Waals surface area contributed by atoms with Crippen LogP contribution >= 0.6 is 23.4 Å². The Kier molecular flexibility index (Phi) is 4.98. The molecule has 0 saturated carbocycles. The summed E-state index contributed by atoms with van der Waals surface area (Å²) in [6, 6.07) is 5.28. The molecular weight excluding hydrogens is 292 g/mol. The number of hydrogen-bond acceptors (Lipinski definition) is 3. The maximum Gasteiger partial charge on any atom is 0.240 e. The van der Waals surface area contributed by atoms with Crippen molar-refractivity contribution in [2.75, 3.05) is 17.6 Å². The van der Waals surface area contributed by atoms with Crippen LogP contribution in [-0.4, -0.2) is 23.0 Å². The SMILES string of the molecule is CC1(C(=O)Nc2cc(Cl)ccc2C#CCN)CCCS1. The van der Waals surface area contributed by atoms with E-state index < -0.39 is 0 Å². The monoisotopic (exact) mass is 308 g/mol. The van der Waals surface area contributed by atoms with Gasteiger partial charge in [-0.25, -0.2) is 0 Å². The third-order valence-corrected chi connectivity index (χ3v) is 5.01. The second-order valence-electron chi connectivity index (χ2n) is 4.83. The van der Waals surface area contributed by atoms with E-state index in [0.717, 1.165) is 24.2 Å². The molecule has 1 fully saturated rings. The van der Waals surface area contributed by atoms with Gasteiger partial charge >= 0.3 is 0 Å². The fraction of sp³-hybridized carbons (Fsp3) is 0.400. The van der Waals surface area contributed by atoms with Gasteiger partial charge in [0.2, 0.25) is 5.91 Å². The number of carbonyl (C=O) groups excluding carboxylic acids is 1. The van der Waals surface area contributed by atoms with Crippen LogP contribution in [0.4, 0.5) is 5.69 Å². The van der Waals surface area contributed by atoms with Crippen LogP contribution in [0.15, 0.2) is 18.2 Å². The summed E-state index contributed by atoms with van der Waals surface area (Å²) in [5.74, 6) is 6.79. The van der Waals surface area contributed by atoms with Crippen molar-refractivity contribution in [3.05, 3.63) is 28.8 Å². The van der Waals surface area contributed by atoms with Gasteiger partial charge in [-0.2, -0.15) is 0 Å². The molecule has 0 aromatic heterocycles. The van der Waals surface area contributed by atoms with E-state index >= 15 is 0 Å². The summed E-state index contributed by atoms with van der Waals surface area (Å²) in [6.45, 7) is 2.26. The number of nitrogens with two attached hydrogens (primary N) is 1.